The molecule has 1 aromatic carbocycles. The summed E-state index contributed by atoms with van der Waals surface area (Å²) in [6, 6.07) is 5.60. The van der Waals surface area contributed by atoms with Crippen molar-refractivity contribution in [1.29, 1.82) is 0 Å². The molecule has 3 rings (SSSR count). The number of likely N-dealkylation sites (tertiary alicyclic amines) is 1. The van der Waals surface area contributed by atoms with E-state index in [4.69, 9.17) is 9.47 Å². The van der Waals surface area contributed by atoms with Gasteiger partial charge in [-0.2, -0.15) is 0 Å². The number of hydrogen-bond acceptors (Lipinski definition) is 4. The zero-order valence-corrected chi connectivity index (χ0v) is 14.9. The Bertz CT molecular complexity index is 642. The fraction of sp³-hybridized carbons (Fsp3) is 0.579. The van der Waals surface area contributed by atoms with Crippen LogP contribution < -0.4 is 14.8 Å². The number of hydrogen-bond donors (Lipinski definition) is 1. The second kappa shape index (κ2) is 7.76. The minimum atomic E-state index is -0.305. The lowest BCUT2D eigenvalue weighted by molar-refractivity contribution is -0.138. The Morgan fingerprint density at radius 3 is 2.68 bits per heavy atom. The summed E-state index contributed by atoms with van der Waals surface area (Å²) < 4.78 is 10.6. The third kappa shape index (κ3) is 4.24. The number of ether oxygens (including phenoxy) is 2. The van der Waals surface area contributed by atoms with Crippen LogP contribution in [0.3, 0.4) is 0 Å². The van der Waals surface area contributed by atoms with Crippen LogP contribution in [0.4, 0.5) is 0 Å². The van der Waals surface area contributed by atoms with Crippen LogP contribution in [0.2, 0.25) is 0 Å². The number of amides is 2. The highest BCUT2D eigenvalue weighted by atomic mass is 16.5. The lowest BCUT2D eigenvalue weighted by atomic mass is 10.1. The maximum Gasteiger partial charge on any atom is 0.243 e. The zero-order chi connectivity index (χ0) is 17.8. The van der Waals surface area contributed by atoms with Gasteiger partial charge in [0.25, 0.3) is 0 Å². The molecule has 2 aliphatic rings. The average Bonchev–Trinajstić information content (AvgIpc) is 3.30. The molecule has 6 heteroatoms. The number of carbonyl (C=O) groups is 2. The van der Waals surface area contributed by atoms with Gasteiger partial charge in [0.05, 0.1) is 14.2 Å². The third-order valence-corrected chi connectivity index (χ3v) is 4.90. The second-order valence-corrected chi connectivity index (χ2v) is 6.71. The van der Waals surface area contributed by atoms with E-state index in [1.54, 1.807) is 19.1 Å². The van der Waals surface area contributed by atoms with Gasteiger partial charge in [0.2, 0.25) is 11.8 Å². The van der Waals surface area contributed by atoms with Crippen molar-refractivity contribution in [1.82, 2.24) is 10.2 Å². The maximum absolute atomic E-state index is 12.7. The highest BCUT2D eigenvalue weighted by molar-refractivity contribution is 5.88. The number of benzene rings is 1. The Balaban J connectivity index is 1.60. The molecule has 1 aromatic rings. The van der Waals surface area contributed by atoms with Gasteiger partial charge in [0.1, 0.15) is 17.5 Å². The summed E-state index contributed by atoms with van der Waals surface area (Å²) in [5, 5.41) is 3.02. The zero-order valence-electron chi connectivity index (χ0n) is 14.9. The minimum Gasteiger partial charge on any atom is -0.497 e. The third-order valence-electron chi connectivity index (χ3n) is 4.90. The van der Waals surface area contributed by atoms with Gasteiger partial charge >= 0.3 is 0 Å². The van der Waals surface area contributed by atoms with E-state index < -0.39 is 0 Å². The SMILES string of the molecule is COc1ccc(OC)c(CCC(=O)N2CCCC2C(=O)NC2CC2)c1. The van der Waals surface area contributed by atoms with Gasteiger partial charge < -0.3 is 19.7 Å². The Kier molecular flexibility index (Phi) is 5.46. The first-order chi connectivity index (χ1) is 12.1. The first kappa shape index (κ1) is 17.6. The van der Waals surface area contributed by atoms with Crippen molar-refractivity contribution in [2.24, 2.45) is 0 Å². The lowest BCUT2D eigenvalue weighted by Gasteiger charge is -2.24. The molecule has 0 radical (unpaired) electrons. The van der Waals surface area contributed by atoms with E-state index in [1.807, 2.05) is 18.2 Å². The van der Waals surface area contributed by atoms with Gasteiger partial charge in [-0.05, 0) is 55.9 Å². The molecular formula is C19H26N2O4. The van der Waals surface area contributed by atoms with Crippen LogP contribution in [0.25, 0.3) is 0 Å². The molecule has 1 atom stereocenters. The fourth-order valence-corrected chi connectivity index (χ4v) is 3.33. The Morgan fingerprint density at radius 1 is 1.20 bits per heavy atom. The topological polar surface area (TPSA) is 67.9 Å². The van der Waals surface area contributed by atoms with Crippen LogP contribution >= 0.6 is 0 Å². The normalized spacial score (nSPS) is 19.6. The van der Waals surface area contributed by atoms with E-state index in [9.17, 15) is 9.59 Å². The largest absolute Gasteiger partial charge is 0.497 e. The number of nitrogens with one attached hydrogen (secondary N) is 1. The Labute approximate surface area is 148 Å². The molecule has 2 amide bonds. The van der Waals surface area contributed by atoms with E-state index in [0.29, 0.717) is 25.4 Å². The number of aryl methyl sites for hydroxylation is 1. The van der Waals surface area contributed by atoms with Crippen molar-refractivity contribution in [2.45, 2.75) is 50.6 Å². The van der Waals surface area contributed by atoms with E-state index >= 15 is 0 Å². The van der Waals surface area contributed by atoms with E-state index in [2.05, 4.69) is 5.32 Å². The molecule has 0 aromatic heterocycles. The lowest BCUT2D eigenvalue weighted by Crippen LogP contribution is -2.46. The number of methoxy groups -OCH3 is 2. The standard InChI is InChI=1S/C19H26N2O4/c1-24-15-8-9-17(25-2)13(12-15)5-10-18(22)21-11-3-4-16(21)19(23)20-14-6-7-14/h8-9,12,14,16H,3-7,10-11H2,1-2H3,(H,20,23). The van der Waals surface area contributed by atoms with Crippen LogP contribution in [0.15, 0.2) is 18.2 Å². The molecule has 0 bridgehead atoms. The van der Waals surface area contributed by atoms with Crippen molar-refractivity contribution >= 4 is 11.8 Å². The molecule has 0 spiro atoms. The van der Waals surface area contributed by atoms with Gasteiger partial charge in [-0.1, -0.05) is 0 Å². The van der Waals surface area contributed by atoms with Crippen LogP contribution in [0, 0.1) is 0 Å². The van der Waals surface area contributed by atoms with Crippen molar-refractivity contribution in [2.75, 3.05) is 20.8 Å². The second-order valence-electron chi connectivity index (χ2n) is 6.71. The Hall–Kier alpha value is -2.24. The quantitative estimate of drug-likeness (QED) is 0.819. The fourth-order valence-electron chi connectivity index (χ4n) is 3.33. The van der Waals surface area contributed by atoms with Crippen LogP contribution in [-0.2, 0) is 16.0 Å². The summed E-state index contributed by atoms with van der Waals surface area (Å²) >= 11 is 0. The molecule has 2 fully saturated rings. The summed E-state index contributed by atoms with van der Waals surface area (Å²) in [4.78, 5) is 26.7. The van der Waals surface area contributed by atoms with E-state index in [1.165, 1.54) is 0 Å². The van der Waals surface area contributed by atoms with E-state index in [0.717, 1.165) is 42.7 Å². The summed E-state index contributed by atoms with van der Waals surface area (Å²) in [6.45, 7) is 0.664. The molecule has 25 heavy (non-hydrogen) atoms. The highest BCUT2D eigenvalue weighted by Crippen LogP contribution is 2.27. The first-order valence-electron chi connectivity index (χ1n) is 8.93. The van der Waals surface area contributed by atoms with Gasteiger partial charge in [0, 0.05) is 19.0 Å². The molecule has 136 valence electrons. The number of rotatable bonds is 7. The summed E-state index contributed by atoms with van der Waals surface area (Å²) in [6.07, 6.45) is 4.68. The molecule has 1 unspecified atom stereocenters. The van der Waals surface area contributed by atoms with Gasteiger partial charge in [-0.15, -0.1) is 0 Å². The Morgan fingerprint density at radius 2 is 2.00 bits per heavy atom. The summed E-state index contributed by atoms with van der Waals surface area (Å²) in [5.41, 5.74) is 0.938. The maximum atomic E-state index is 12.7. The molecule has 1 heterocycles. The van der Waals surface area contributed by atoms with Crippen LogP contribution in [0.5, 0.6) is 11.5 Å². The monoisotopic (exact) mass is 346 g/mol. The minimum absolute atomic E-state index is 0.00677. The van der Waals surface area contributed by atoms with Crippen LogP contribution in [-0.4, -0.2) is 49.6 Å². The van der Waals surface area contributed by atoms with Gasteiger partial charge in [0.15, 0.2) is 0 Å². The highest BCUT2D eigenvalue weighted by Gasteiger charge is 2.36. The predicted octanol–water partition coefficient (Wildman–Crippen LogP) is 1.91. The number of carbonyl (C=O) groups excluding carboxylic acids is 2. The van der Waals surface area contributed by atoms with E-state index in [-0.39, 0.29) is 17.9 Å². The molecule has 1 aliphatic carbocycles. The van der Waals surface area contributed by atoms with Crippen molar-refractivity contribution in [3.8, 4) is 11.5 Å². The summed E-state index contributed by atoms with van der Waals surface area (Å²) in [5.74, 6) is 1.52. The van der Waals surface area contributed by atoms with Crippen molar-refractivity contribution < 1.29 is 19.1 Å². The first-order valence-corrected chi connectivity index (χ1v) is 8.93. The van der Waals surface area contributed by atoms with Gasteiger partial charge in [-0.25, -0.2) is 0 Å². The van der Waals surface area contributed by atoms with Gasteiger partial charge in [-0.3, -0.25) is 9.59 Å². The molecule has 1 saturated heterocycles. The predicted molar refractivity (Wildman–Crippen MR) is 93.8 cm³/mol. The molecule has 1 N–H and O–H groups in total. The summed E-state index contributed by atoms with van der Waals surface area (Å²) in [7, 11) is 3.23. The number of nitrogens with zero attached hydrogens (tertiary/aromatic N) is 1. The van der Waals surface area contributed by atoms with Crippen LogP contribution in [0.1, 0.15) is 37.7 Å². The van der Waals surface area contributed by atoms with Crippen molar-refractivity contribution in [3.63, 3.8) is 0 Å². The molecule has 1 aliphatic heterocycles. The molecule has 1 saturated carbocycles. The average molecular weight is 346 g/mol. The van der Waals surface area contributed by atoms with Crippen molar-refractivity contribution in [3.05, 3.63) is 23.8 Å². The smallest absolute Gasteiger partial charge is 0.243 e. The molecule has 6 nitrogen and oxygen atoms in total. The molecular weight excluding hydrogens is 320 g/mol.